The smallest absolute Gasteiger partial charge is 0.141 e. The van der Waals surface area contributed by atoms with E-state index in [0.717, 1.165) is 31.7 Å². The van der Waals surface area contributed by atoms with Gasteiger partial charge in [0.1, 0.15) is 5.82 Å². The fourth-order valence-corrected chi connectivity index (χ4v) is 1.89. The van der Waals surface area contributed by atoms with Gasteiger partial charge < -0.3 is 5.32 Å². The number of aromatic nitrogens is 1. The van der Waals surface area contributed by atoms with Crippen molar-refractivity contribution >= 4 is 12.4 Å². The van der Waals surface area contributed by atoms with Crippen molar-refractivity contribution in [1.82, 2.24) is 15.2 Å². The van der Waals surface area contributed by atoms with Crippen molar-refractivity contribution < 1.29 is 4.39 Å². The molecule has 2 heterocycles. The van der Waals surface area contributed by atoms with Crippen LogP contribution in [0.2, 0.25) is 0 Å². The molecule has 0 spiro atoms. The normalized spacial score (nSPS) is 21.5. The van der Waals surface area contributed by atoms with Crippen LogP contribution in [0.4, 0.5) is 4.39 Å². The zero-order valence-electron chi connectivity index (χ0n) is 9.32. The van der Waals surface area contributed by atoms with Crippen molar-refractivity contribution in [2.75, 3.05) is 19.6 Å². The van der Waals surface area contributed by atoms with Gasteiger partial charge in [-0.3, -0.25) is 9.88 Å². The summed E-state index contributed by atoms with van der Waals surface area (Å²) < 4.78 is 12.9. The van der Waals surface area contributed by atoms with Crippen LogP contribution in [0.3, 0.4) is 0 Å². The van der Waals surface area contributed by atoms with Crippen LogP contribution >= 0.6 is 12.4 Å². The van der Waals surface area contributed by atoms with E-state index in [0.29, 0.717) is 6.04 Å². The Morgan fingerprint density at radius 3 is 3.06 bits per heavy atom. The Morgan fingerprint density at radius 1 is 1.56 bits per heavy atom. The minimum absolute atomic E-state index is 0. The molecule has 90 valence electrons. The SMILES string of the molecule is C[C@H]1CNCCN1Cc1cncc(F)c1.Cl. The van der Waals surface area contributed by atoms with Crippen molar-refractivity contribution in [3.63, 3.8) is 0 Å². The first-order valence-electron chi connectivity index (χ1n) is 5.30. The number of piperazine rings is 1. The third-order valence-corrected chi connectivity index (χ3v) is 2.79. The Labute approximate surface area is 101 Å². The van der Waals surface area contributed by atoms with E-state index in [1.54, 1.807) is 12.3 Å². The second-order valence-corrected chi connectivity index (χ2v) is 4.04. The molecule has 0 unspecified atom stereocenters. The molecular weight excluding hydrogens is 229 g/mol. The van der Waals surface area contributed by atoms with Crippen molar-refractivity contribution in [2.45, 2.75) is 19.5 Å². The molecule has 0 bridgehead atoms. The molecule has 2 rings (SSSR count). The number of hydrogen-bond acceptors (Lipinski definition) is 3. The van der Waals surface area contributed by atoms with Gasteiger partial charge in [0.15, 0.2) is 0 Å². The maximum Gasteiger partial charge on any atom is 0.141 e. The number of rotatable bonds is 2. The van der Waals surface area contributed by atoms with Crippen LogP contribution in [0.15, 0.2) is 18.5 Å². The van der Waals surface area contributed by atoms with E-state index in [4.69, 9.17) is 0 Å². The molecular formula is C11H17ClFN3. The summed E-state index contributed by atoms with van der Waals surface area (Å²) in [6.45, 7) is 5.99. The van der Waals surface area contributed by atoms with Crippen LogP contribution in [0.5, 0.6) is 0 Å². The van der Waals surface area contributed by atoms with Gasteiger partial charge in [-0.15, -0.1) is 12.4 Å². The Bertz CT molecular complexity index is 335. The minimum atomic E-state index is -0.254. The number of hydrogen-bond donors (Lipinski definition) is 1. The molecule has 1 saturated heterocycles. The van der Waals surface area contributed by atoms with E-state index in [-0.39, 0.29) is 18.2 Å². The monoisotopic (exact) mass is 245 g/mol. The van der Waals surface area contributed by atoms with Crippen molar-refractivity contribution in [3.05, 3.63) is 29.8 Å². The van der Waals surface area contributed by atoms with Crippen molar-refractivity contribution in [3.8, 4) is 0 Å². The number of nitrogens with zero attached hydrogens (tertiary/aromatic N) is 2. The third kappa shape index (κ3) is 3.40. The van der Waals surface area contributed by atoms with E-state index >= 15 is 0 Å². The zero-order chi connectivity index (χ0) is 10.7. The summed E-state index contributed by atoms with van der Waals surface area (Å²) in [5.74, 6) is -0.254. The van der Waals surface area contributed by atoms with E-state index in [9.17, 15) is 4.39 Å². The van der Waals surface area contributed by atoms with Crippen LogP contribution in [0, 0.1) is 5.82 Å². The molecule has 0 amide bonds. The molecule has 1 N–H and O–H groups in total. The van der Waals surface area contributed by atoms with E-state index in [1.165, 1.54) is 6.20 Å². The van der Waals surface area contributed by atoms with Crippen LogP contribution in [-0.2, 0) is 6.54 Å². The highest BCUT2D eigenvalue weighted by Gasteiger charge is 2.17. The summed E-state index contributed by atoms with van der Waals surface area (Å²) in [6, 6.07) is 2.06. The quantitative estimate of drug-likeness (QED) is 0.855. The van der Waals surface area contributed by atoms with Gasteiger partial charge in [0.25, 0.3) is 0 Å². The van der Waals surface area contributed by atoms with Crippen LogP contribution < -0.4 is 5.32 Å². The van der Waals surface area contributed by atoms with Gasteiger partial charge in [-0.25, -0.2) is 4.39 Å². The molecule has 0 saturated carbocycles. The summed E-state index contributed by atoms with van der Waals surface area (Å²) in [5, 5.41) is 3.33. The van der Waals surface area contributed by atoms with Crippen molar-refractivity contribution in [2.24, 2.45) is 0 Å². The van der Waals surface area contributed by atoms with Crippen LogP contribution in [0.1, 0.15) is 12.5 Å². The molecule has 1 aliphatic heterocycles. The van der Waals surface area contributed by atoms with Gasteiger partial charge in [-0.2, -0.15) is 0 Å². The molecule has 3 nitrogen and oxygen atoms in total. The number of pyridine rings is 1. The number of halogens is 2. The Morgan fingerprint density at radius 2 is 2.38 bits per heavy atom. The molecule has 1 aromatic rings. The van der Waals surface area contributed by atoms with Gasteiger partial charge in [-0.1, -0.05) is 0 Å². The molecule has 5 heteroatoms. The molecule has 1 aliphatic rings. The van der Waals surface area contributed by atoms with Gasteiger partial charge in [-0.05, 0) is 18.6 Å². The van der Waals surface area contributed by atoms with Gasteiger partial charge in [0.2, 0.25) is 0 Å². The first-order valence-corrected chi connectivity index (χ1v) is 5.30. The van der Waals surface area contributed by atoms with Crippen molar-refractivity contribution in [1.29, 1.82) is 0 Å². The fourth-order valence-electron chi connectivity index (χ4n) is 1.89. The van der Waals surface area contributed by atoms with Gasteiger partial charge in [0, 0.05) is 38.4 Å². The summed E-state index contributed by atoms with van der Waals surface area (Å²) in [5.41, 5.74) is 0.948. The first kappa shape index (κ1) is 13.4. The summed E-state index contributed by atoms with van der Waals surface area (Å²) >= 11 is 0. The second kappa shape index (κ2) is 6.13. The van der Waals surface area contributed by atoms with Crippen LogP contribution in [-0.4, -0.2) is 35.6 Å². The molecule has 0 aromatic carbocycles. The molecule has 0 radical (unpaired) electrons. The molecule has 16 heavy (non-hydrogen) atoms. The highest BCUT2D eigenvalue weighted by atomic mass is 35.5. The molecule has 1 aromatic heterocycles. The Kier molecular flexibility index (Phi) is 5.12. The lowest BCUT2D eigenvalue weighted by molar-refractivity contribution is 0.165. The summed E-state index contributed by atoms with van der Waals surface area (Å²) in [7, 11) is 0. The summed E-state index contributed by atoms with van der Waals surface area (Å²) in [4.78, 5) is 6.20. The average molecular weight is 246 g/mol. The Balaban J connectivity index is 0.00000128. The second-order valence-electron chi connectivity index (χ2n) is 4.04. The maximum absolute atomic E-state index is 12.9. The lowest BCUT2D eigenvalue weighted by atomic mass is 10.2. The molecule has 1 fully saturated rings. The van der Waals surface area contributed by atoms with E-state index in [1.807, 2.05) is 0 Å². The van der Waals surface area contributed by atoms with E-state index in [2.05, 4.69) is 22.1 Å². The lowest BCUT2D eigenvalue weighted by Gasteiger charge is -2.33. The van der Waals surface area contributed by atoms with Gasteiger partial charge >= 0.3 is 0 Å². The van der Waals surface area contributed by atoms with E-state index < -0.39 is 0 Å². The largest absolute Gasteiger partial charge is 0.314 e. The molecule has 0 aliphatic carbocycles. The predicted octanol–water partition coefficient (Wildman–Crippen LogP) is 1.44. The Hall–Kier alpha value is -0.710. The number of nitrogens with one attached hydrogen (secondary N) is 1. The first-order chi connectivity index (χ1) is 7.25. The highest BCUT2D eigenvalue weighted by Crippen LogP contribution is 2.09. The zero-order valence-corrected chi connectivity index (χ0v) is 10.1. The lowest BCUT2D eigenvalue weighted by Crippen LogP contribution is -2.49. The standard InChI is InChI=1S/C11H16FN3.ClH/c1-9-5-13-2-3-15(9)8-10-4-11(12)7-14-6-10;/h4,6-7,9,13H,2-3,5,8H2,1H3;1H/t9-;/m0./s1. The molecule has 1 atom stereocenters. The fraction of sp³-hybridized carbons (Fsp3) is 0.545. The van der Waals surface area contributed by atoms with Gasteiger partial charge in [0.05, 0.1) is 6.20 Å². The highest BCUT2D eigenvalue weighted by molar-refractivity contribution is 5.85. The van der Waals surface area contributed by atoms with Crippen LogP contribution in [0.25, 0.3) is 0 Å². The average Bonchev–Trinajstić information content (AvgIpc) is 2.22. The third-order valence-electron chi connectivity index (χ3n) is 2.79. The predicted molar refractivity (Wildman–Crippen MR) is 64.2 cm³/mol. The minimum Gasteiger partial charge on any atom is -0.314 e. The summed E-state index contributed by atoms with van der Waals surface area (Å²) in [6.07, 6.45) is 2.97. The topological polar surface area (TPSA) is 28.2 Å². The maximum atomic E-state index is 12.9.